The molecular weight excluding hydrogens is 220 g/mol. The lowest BCUT2D eigenvalue weighted by atomic mass is 9.73. The van der Waals surface area contributed by atoms with Crippen molar-refractivity contribution in [2.24, 2.45) is 5.92 Å². The largest absolute Gasteiger partial charge is 0.383 e. The predicted molar refractivity (Wildman–Crippen MR) is 62.5 cm³/mol. The average molecular weight is 240 g/mol. The van der Waals surface area contributed by atoms with Gasteiger partial charge in [-0.15, -0.1) is 0 Å². The monoisotopic (exact) mass is 240 g/mol. The van der Waals surface area contributed by atoms with Crippen LogP contribution in [0.25, 0.3) is 0 Å². The van der Waals surface area contributed by atoms with E-state index in [9.17, 15) is 9.59 Å². The van der Waals surface area contributed by atoms with Crippen molar-refractivity contribution in [1.29, 1.82) is 0 Å². The van der Waals surface area contributed by atoms with Gasteiger partial charge in [-0.1, -0.05) is 19.8 Å². The van der Waals surface area contributed by atoms with Gasteiger partial charge in [0.1, 0.15) is 5.54 Å². The van der Waals surface area contributed by atoms with Crippen molar-refractivity contribution in [2.45, 2.75) is 38.1 Å². The number of carbonyl (C=O) groups is 2. The molecule has 0 aromatic heterocycles. The van der Waals surface area contributed by atoms with Crippen molar-refractivity contribution in [3.8, 4) is 0 Å². The van der Waals surface area contributed by atoms with Crippen LogP contribution in [0.5, 0.6) is 0 Å². The number of nitrogens with one attached hydrogen (secondary N) is 1. The van der Waals surface area contributed by atoms with E-state index in [1.807, 2.05) is 0 Å². The van der Waals surface area contributed by atoms with Crippen LogP contribution in [-0.4, -0.2) is 42.6 Å². The molecule has 0 radical (unpaired) electrons. The number of hydrogen-bond acceptors (Lipinski definition) is 3. The first kappa shape index (κ1) is 12.4. The Bertz CT molecular complexity index is 332. The molecule has 1 spiro atoms. The zero-order valence-corrected chi connectivity index (χ0v) is 10.5. The summed E-state index contributed by atoms with van der Waals surface area (Å²) in [6, 6.07) is -0.263. The minimum Gasteiger partial charge on any atom is -0.383 e. The van der Waals surface area contributed by atoms with Crippen molar-refractivity contribution in [1.82, 2.24) is 10.2 Å². The number of rotatable bonds is 3. The van der Waals surface area contributed by atoms with Crippen molar-refractivity contribution >= 4 is 11.9 Å². The summed E-state index contributed by atoms with van der Waals surface area (Å²) >= 11 is 0. The molecule has 96 valence electrons. The fourth-order valence-electron chi connectivity index (χ4n) is 2.88. The van der Waals surface area contributed by atoms with E-state index in [-0.39, 0.29) is 17.9 Å². The third-order valence-electron chi connectivity index (χ3n) is 4.02. The molecule has 0 aromatic rings. The van der Waals surface area contributed by atoms with Crippen LogP contribution in [-0.2, 0) is 9.53 Å². The molecule has 0 aromatic carbocycles. The first-order valence-corrected chi connectivity index (χ1v) is 6.25. The third kappa shape index (κ3) is 1.92. The highest BCUT2D eigenvalue weighted by molar-refractivity contribution is 6.07. The molecule has 1 saturated heterocycles. The van der Waals surface area contributed by atoms with Gasteiger partial charge in [0.05, 0.1) is 13.2 Å². The lowest BCUT2D eigenvalue weighted by molar-refractivity contribution is -0.134. The van der Waals surface area contributed by atoms with Crippen LogP contribution >= 0.6 is 0 Å². The first-order valence-electron chi connectivity index (χ1n) is 6.25. The molecule has 5 heteroatoms. The van der Waals surface area contributed by atoms with E-state index in [1.54, 1.807) is 7.11 Å². The SMILES string of the molecule is COCCN1C(=O)N[C@@]2(CCCC[C@@H]2C)C1=O. The maximum Gasteiger partial charge on any atom is 0.325 e. The van der Waals surface area contributed by atoms with Crippen LogP contribution < -0.4 is 5.32 Å². The number of methoxy groups -OCH3 is 1. The van der Waals surface area contributed by atoms with Gasteiger partial charge < -0.3 is 10.1 Å². The summed E-state index contributed by atoms with van der Waals surface area (Å²) in [7, 11) is 1.57. The maximum atomic E-state index is 12.4. The molecule has 0 unspecified atom stereocenters. The molecule has 1 aliphatic carbocycles. The molecule has 1 aliphatic heterocycles. The summed E-state index contributed by atoms with van der Waals surface area (Å²) in [6.45, 7) is 2.79. The number of hydrogen-bond donors (Lipinski definition) is 1. The summed E-state index contributed by atoms with van der Waals surface area (Å²) in [5.41, 5.74) is -0.636. The highest BCUT2D eigenvalue weighted by Crippen LogP contribution is 2.37. The Morgan fingerprint density at radius 3 is 2.88 bits per heavy atom. The number of ether oxygens (including phenoxy) is 1. The summed E-state index contributed by atoms with van der Waals surface area (Å²) in [5, 5.41) is 2.91. The molecule has 2 atom stereocenters. The van der Waals surface area contributed by atoms with Crippen LogP contribution in [0, 0.1) is 5.92 Å². The molecule has 2 rings (SSSR count). The molecule has 1 saturated carbocycles. The fourth-order valence-corrected chi connectivity index (χ4v) is 2.88. The lowest BCUT2D eigenvalue weighted by Crippen LogP contribution is -2.54. The second-order valence-electron chi connectivity index (χ2n) is 5.00. The van der Waals surface area contributed by atoms with E-state index in [4.69, 9.17) is 4.74 Å². The van der Waals surface area contributed by atoms with E-state index in [0.717, 1.165) is 25.7 Å². The summed E-state index contributed by atoms with van der Waals surface area (Å²) in [5.74, 6) is 0.159. The highest BCUT2D eigenvalue weighted by Gasteiger charge is 2.54. The Hall–Kier alpha value is -1.10. The van der Waals surface area contributed by atoms with Crippen molar-refractivity contribution < 1.29 is 14.3 Å². The van der Waals surface area contributed by atoms with E-state index >= 15 is 0 Å². The van der Waals surface area contributed by atoms with E-state index in [0.29, 0.717) is 13.2 Å². The predicted octanol–water partition coefficient (Wildman–Crippen LogP) is 1.13. The minimum atomic E-state index is -0.636. The van der Waals surface area contributed by atoms with Crippen LogP contribution in [0.2, 0.25) is 0 Å². The van der Waals surface area contributed by atoms with Gasteiger partial charge in [0.25, 0.3) is 5.91 Å². The number of carbonyl (C=O) groups excluding carboxylic acids is 2. The Morgan fingerprint density at radius 1 is 1.47 bits per heavy atom. The topological polar surface area (TPSA) is 58.6 Å². The van der Waals surface area contributed by atoms with Crippen LogP contribution in [0.4, 0.5) is 4.79 Å². The zero-order chi connectivity index (χ0) is 12.5. The normalized spacial score (nSPS) is 33.3. The van der Waals surface area contributed by atoms with Gasteiger partial charge in [0, 0.05) is 7.11 Å². The van der Waals surface area contributed by atoms with E-state index < -0.39 is 5.54 Å². The van der Waals surface area contributed by atoms with Gasteiger partial charge in [-0.05, 0) is 18.8 Å². The second-order valence-corrected chi connectivity index (χ2v) is 5.00. The quantitative estimate of drug-likeness (QED) is 0.752. The van der Waals surface area contributed by atoms with Gasteiger partial charge in [-0.25, -0.2) is 4.79 Å². The standard InChI is InChI=1S/C12H20N2O3/c1-9-5-3-4-6-12(9)10(15)14(7-8-17-2)11(16)13-12/h9H,3-8H2,1-2H3,(H,13,16)/t9-,12+/m0/s1. The Morgan fingerprint density at radius 2 is 2.24 bits per heavy atom. The second kappa shape index (κ2) is 4.64. The van der Waals surface area contributed by atoms with Gasteiger partial charge in [-0.2, -0.15) is 0 Å². The van der Waals surface area contributed by atoms with Gasteiger partial charge in [0.15, 0.2) is 0 Å². The average Bonchev–Trinajstić information content (AvgIpc) is 2.54. The maximum absolute atomic E-state index is 12.4. The van der Waals surface area contributed by atoms with E-state index in [1.165, 1.54) is 4.90 Å². The molecule has 3 amide bonds. The Balaban J connectivity index is 2.16. The zero-order valence-electron chi connectivity index (χ0n) is 10.5. The smallest absolute Gasteiger partial charge is 0.325 e. The van der Waals surface area contributed by atoms with Crippen LogP contribution in [0.15, 0.2) is 0 Å². The molecule has 2 aliphatic rings. The van der Waals surface area contributed by atoms with Crippen molar-refractivity contribution in [2.75, 3.05) is 20.3 Å². The number of imide groups is 1. The minimum absolute atomic E-state index is 0.0632. The Labute approximate surface area is 101 Å². The summed E-state index contributed by atoms with van der Waals surface area (Å²) < 4.78 is 4.93. The van der Waals surface area contributed by atoms with Gasteiger partial charge in [0.2, 0.25) is 0 Å². The molecule has 1 N–H and O–H groups in total. The first-order chi connectivity index (χ1) is 8.12. The highest BCUT2D eigenvalue weighted by atomic mass is 16.5. The molecule has 2 fully saturated rings. The Kier molecular flexibility index (Phi) is 3.38. The molecular formula is C12H20N2O3. The lowest BCUT2D eigenvalue weighted by Gasteiger charge is -2.36. The van der Waals surface area contributed by atoms with E-state index in [2.05, 4.69) is 12.2 Å². The number of amides is 3. The van der Waals surface area contributed by atoms with Crippen LogP contribution in [0.3, 0.4) is 0 Å². The fraction of sp³-hybridized carbons (Fsp3) is 0.833. The summed E-state index contributed by atoms with van der Waals surface area (Å²) in [4.78, 5) is 25.5. The van der Waals surface area contributed by atoms with Crippen LogP contribution in [0.1, 0.15) is 32.6 Å². The summed E-state index contributed by atoms with van der Waals surface area (Å²) in [6.07, 6.45) is 3.92. The van der Waals surface area contributed by atoms with Crippen molar-refractivity contribution in [3.63, 3.8) is 0 Å². The molecule has 17 heavy (non-hydrogen) atoms. The van der Waals surface area contributed by atoms with Crippen molar-refractivity contribution in [3.05, 3.63) is 0 Å². The number of urea groups is 1. The molecule has 1 heterocycles. The molecule has 5 nitrogen and oxygen atoms in total. The van der Waals surface area contributed by atoms with Gasteiger partial charge in [-0.3, -0.25) is 9.69 Å². The number of nitrogens with zero attached hydrogens (tertiary/aromatic N) is 1. The molecule has 0 bridgehead atoms. The van der Waals surface area contributed by atoms with Gasteiger partial charge >= 0.3 is 6.03 Å². The third-order valence-corrected chi connectivity index (χ3v) is 4.02.